The fourth-order valence-corrected chi connectivity index (χ4v) is 4.65. The van der Waals surface area contributed by atoms with Gasteiger partial charge in [-0.3, -0.25) is 0 Å². The summed E-state index contributed by atoms with van der Waals surface area (Å²) in [7, 11) is 0. The van der Waals surface area contributed by atoms with Gasteiger partial charge in [0.25, 0.3) is 0 Å². The number of esters is 1. The number of benzene rings is 2. The highest BCUT2D eigenvalue weighted by molar-refractivity contribution is 5.90. The Bertz CT molecular complexity index is 961. The molecule has 0 spiro atoms. The average molecular weight is 453 g/mol. The van der Waals surface area contributed by atoms with Gasteiger partial charge in [-0.05, 0) is 80.5 Å². The lowest BCUT2D eigenvalue weighted by Crippen LogP contribution is -2.34. The molecule has 2 aliphatic heterocycles. The summed E-state index contributed by atoms with van der Waals surface area (Å²) in [6, 6.07) is 11.7. The maximum absolute atomic E-state index is 13.3. The molecule has 2 atom stereocenters. The van der Waals surface area contributed by atoms with Crippen LogP contribution in [-0.4, -0.2) is 44.6 Å². The van der Waals surface area contributed by atoms with Crippen molar-refractivity contribution < 1.29 is 28.5 Å². The number of aryl methyl sites for hydroxylation is 2. The summed E-state index contributed by atoms with van der Waals surface area (Å²) in [4.78, 5) is 13.3. The zero-order chi connectivity index (χ0) is 22.8. The summed E-state index contributed by atoms with van der Waals surface area (Å²) in [5, 5.41) is 0. The van der Waals surface area contributed by atoms with E-state index in [1.54, 1.807) is 0 Å². The number of rotatable bonds is 9. The molecule has 2 heterocycles. The Balaban J connectivity index is 1.32. The van der Waals surface area contributed by atoms with Gasteiger partial charge in [0.2, 0.25) is 0 Å². The van der Waals surface area contributed by atoms with E-state index in [-0.39, 0.29) is 18.2 Å². The molecule has 2 saturated heterocycles. The van der Waals surface area contributed by atoms with E-state index >= 15 is 0 Å². The zero-order valence-corrected chi connectivity index (χ0v) is 19.4. The van der Waals surface area contributed by atoms with E-state index in [1.165, 1.54) is 0 Å². The second kappa shape index (κ2) is 9.35. The first-order valence-corrected chi connectivity index (χ1v) is 12.0. The van der Waals surface area contributed by atoms with Crippen molar-refractivity contribution in [3.05, 3.63) is 58.7 Å². The van der Waals surface area contributed by atoms with E-state index < -0.39 is 5.60 Å². The van der Waals surface area contributed by atoms with Crippen LogP contribution in [0.3, 0.4) is 0 Å². The summed E-state index contributed by atoms with van der Waals surface area (Å²) >= 11 is 0. The van der Waals surface area contributed by atoms with E-state index in [9.17, 15) is 4.79 Å². The maximum atomic E-state index is 13.3. The van der Waals surface area contributed by atoms with E-state index in [2.05, 4.69) is 0 Å². The largest absolute Gasteiger partial charge is 0.491 e. The fourth-order valence-electron chi connectivity index (χ4n) is 4.65. The first kappa shape index (κ1) is 22.2. The molecule has 2 aromatic carbocycles. The van der Waals surface area contributed by atoms with Gasteiger partial charge < -0.3 is 23.7 Å². The normalized spacial score (nSPS) is 23.0. The number of carbonyl (C=O) groups is 1. The lowest BCUT2D eigenvalue weighted by molar-refractivity contribution is -0.0417. The van der Waals surface area contributed by atoms with Crippen molar-refractivity contribution in [1.82, 2.24) is 0 Å². The quantitative estimate of drug-likeness (QED) is 0.399. The van der Waals surface area contributed by atoms with Crippen LogP contribution < -0.4 is 9.47 Å². The Morgan fingerprint density at radius 1 is 0.909 bits per heavy atom. The van der Waals surface area contributed by atoms with Crippen molar-refractivity contribution in [1.29, 1.82) is 0 Å². The van der Waals surface area contributed by atoms with Crippen molar-refractivity contribution in [3.63, 3.8) is 0 Å². The van der Waals surface area contributed by atoms with Crippen LogP contribution in [0.2, 0.25) is 0 Å². The molecule has 0 aromatic heterocycles. The molecule has 0 amide bonds. The highest BCUT2D eigenvalue weighted by Gasteiger charge is 2.38. The summed E-state index contributed by atoms with van der Waals surface area (Å²) in [6.07, 6.45) is 5.32. The second-order valence-electron chi connectivity index (χ2n) is 9.44. The predicted molar refractivity (Wildman–Crippen MR) is 123 cm³/mol. The second-order valence-corrected chi connectivity index (χ2v) is 9.44. The van der Waals surface area contributed by atoms with E-state index in [0.29, 0.717) is 18.8 Å². The van der Waals surface area contributed by atoms with E-state index in [4.69, 9.17) is 23.7 Å². The van der Waals surface area contributed by atoms with Gasteiger partial charge in [0, 0.05) is 0 Å². The Morgan fingerprint density at radius 2 is 1.48 bits per heavy atom. The highest BCUT2D eigenvalue weighted by Crippen LogP contribution is 2.42. The van der Waals surface area contributed by atoms with E-state index in [0.717, 1.165) is 73.5 Å². The Morgan fingerprint density at radius 3 is 2.06 bits per heavy atom. The van der Waals surface area contributed by atoms with Crippen LogP contribution in [0.15, 0.2) is 36.4 Å². The molecule has 2 aromatic rings. The molecule has 3 aliphatic rings. The van der Waals surface area contributed by atoms with Gasteiger partial charge in [-0.1, -0.05) is 18.6 Å². The lowest BCUT2D eigenvalue weighted by Gasteiger charge is -2.37. The third-order valence-electron chi connectivity index (χ3n) is 6.68. The molecule has 6 heteroatoms. The molecule has 5 rings (SSSR count). The molecule has 0 bridgehead atoms. The molecule has 0 N–H and O–H groups in total. The predicted octanol–water partition coefficient (Wildman–Crippen LogP) is 4.88. The third-order valence-corrected chi connectivity index (χ3v) is 6.68. The van der Waals surface area contributed by atoms with Gasteiger partial charge in [-0.25, -0.2) is 4.79 Å². The van der Waals surface area contributed by atoms with Crippen LogP contribution in [0.1, 0.15) is 59.2 Å². The van der Waals surface area contributed by atoms with E-state index in [1.807, 2.05) is 50.2 Å². The molecule has 176 valence electrons. The van der Waals surface area contributed by atoms with Crippen molar-refractivity contribution in [3.8, 4) is 11.5 Å². The summed E-state index contributed by atoms with van der Waals surface area (Å²) in [5.74, 6) is 1.35. The Labute approximate surface area is 195 Å². The van der Waals surface area contributed by atoms with Gasteiger partial charge in [0.1, 0.15) is 42.5 Å². The zero-order valence-electron chi connectivity index (χ0n) is 19.4. The van der Waals surface area contributed by atoms with Gasteiger partial charge >= 0.3 is 5.97 Å². The molecule has 2 unspecified atom stereocenters. The van der Waals surface area contributed by atoms with Crippen LogP contribution in [0.4, 0.5) is 0 Å². The number of hydrogen-bond acceptors (Lipinski definition) is 6. The molecule has 1 aliphatic carbocycles. The molecule has 0 radical (unpaired) electrons. The molecule has 3 fully saturated rings. The lowest BCUT2D eigenvalue weighted by atomic mass is 9.79. The molecular formula is C27H32O6. The number of ether oxygens (including phenoxy) is 5. The monoisotopic (exact) mass is 452 g/mol. The van der Waals surface area contributed by atoms with Crippen LogP contribution in [0.5, 0.6) is 11.5 Å². The van der Waals surface area contributed by atoms with Crippen molar-refractivity contribution in [2.75, 3.05) is 26.4 Å². The molecular weight excluding hydrogens is 420 g/mol. The topological polar surface area (TPSA) is 69.8 Å². The number of epoxide rings is 2. The summed E-state index contributed by atoms with van der Waals surface area (Å²) in [5.41, 5.74) is 2.86. The van der Waals surface area contributed by atoms with Crippen LogP contribution in [0.25, 0.3) is 0 Å². The smallest absolute Gasteiger partial charge is 0.339 e. The van der Waals surface area contributed by atoms with Crippen molar-refractivity contribution in [2.45, 2.75) is 63.8 Å². The average Bonchev–Trinajstić information content (AvgIpc) is 3.73. The van der Waals surface area contributed by atoms with Gasteiger partial charge in [0.15, 0.2) is 0 Å². The SMILES string of the molecule is Cc1cc(C(=O)OC2(c3ccc(OCC4CO4)cc3)CCCCC2)cc(C)c1OCC1CO1. The van der Waals surface area contributed by atoms with Gasteiger partial charge in [0.05, 0.1) is 18.8 Å². The number of hydrogen-bond donors (Lipinski definition) is 0. The van der Waals surface area contributed by atoms with Crippen molar-refractivity contribution >= 4 is 5.97 Å². The Kier molecular flexibility index (Phi) is 6.30. The first-order valence-electron chi connectivity index (χ1n) is 12.0. The minimum Gasteiger partial charge on any atom is -0.491 e. The maximum Gasteiger partial charge on any atom is 0.339 e. The minimum atomic E-state index is -0.603. The van der Waals surface area contributed by atoms with Crippen molar-refractivity contribution in [2.24, 2.45) is 0 Å². The number of carbonyl (C=O) groups excluding carboxylic acids is 1. The first-order chi connectivity index (χ1) is 16.0. The Hall–Kier alpha value is -2.57. The standard InChI is InChI=1S/C27H32O6/c1-18-12-20(13-19(2)25(18)32-17-24-16-31-24)26(28)33-27(10-4-3-5-11-27)21-6-8-22(9-7-21)29-14-23-15-30-23/h6-9,12-13,23-24H,3-5,10-11,14-17H2,1-2H3. The van der Waals surface area contributed by atoms with Crippen LogP contribution in [-0.2, 0) is 19.8 Å². The van der Waals surface area contributed by atoms with Gasteiger partial charge in [-0.15, -0.1) is 0 Å². The molecule has 1 saturated carbocycles. The van der Waals surface area contributed by atoms with Crippen LogP contribution in [0, 0.1) is 13.8 Å². The fraction of sp³-hybridized carbons (Fsp3) is 0.519. The van der Waals surface area contributed by atoms with Crippen LogP contribution >= 0.6 is 0 Å². The third kappa shape index (κ3) is 5.33. The molecule has 33 heavy (non-hydrogen) atoms. The summed E-state index contributed by atoms with van der Waals surface area (Å²) in [6.45, 7) is 6.58. The summed E-state index contributed by atoms with van der Waals surface area (Å²) < 4.78 is 28.4. The minimum absolute atomic E-state index is 0.193. The van der Waals surface area contributed by atoms with Gasteiger partial charge in [-0.2, -0.15) is 0 Å². The highest BCUT2D eigenvalue weighted by atomic mass is 16.6. The molecule has 6 nitrogen and oxygen atoms in total.